The van der Waals surface area contributed by atoms with Gasteiger partial charge in [0.2, 0.25) is 0 Å². The minimum absolute atomic E-state index is 0.794. The Morgan fingerprint density at radius 1 is 1.50 bits per heavy atom. The summed E-state index contributed by atoms with van der Waals surface area (Å²) in [4.78, 5) is 0. The highest BCUT2D eigenvalue weighted by molar-refractivity contribution is 5.97. The Hall–Kier alpha value is -0.330. The minimum atomic E-state index is 0.794. The fraction of sp³-hybridized carbons (Fsp3) is 0.727. The Kier molecular flexibility index (Phi) is 3.30. The SMILES string of the molecule is [CH2]CCC1C(=[N+](C)C)[CH]C1CC. The van der Waals surface area contributed by atoms with Crippen LogP contribution in [0.1, 0.15) is 26.2 Å². The van der Waals surface area contributed by atoms with Gasteiger partial charge in [0.15, 0.2) is 5.71 Å². The van der Waals surface area contributed by atoms with Crippen molar-refractivity contribution in [3.63, 3.8) is 0 Å². The van der Waals surface area contributed by atoms with Gasteiger partial charge >= 0.3 is 0 Å². The second kappa shape index (κ2) is 4.06. The maximum absolute atomic E-state index is 3.92. The van der Waals surface area contributed by atoms with Gasteiger partial charge in [-0.25, -0.2) is 4.58 Å². The highest BCUT2D eigenvalue weighted by atomic mass is 15.0. The second-order valence-electron chi connectivity index (χ2n) is 3.81. The van der Waals surface area contributed by atoms with Crippen molar-refractivity contribution in [2.75, 3.05) is 14.1 Å². The standard InChI is InChI=1S/C11H20N/c1-5-7-10-9(6-2)8-11(10)12(3)4/h8-10H,1,5-7H2,2-4H3/q+1. The highest BCUT2D eigenvalue weighted by Crippen LogP contribution is 2.36. The van der Waals surface area contributed by atoms with Gasteiger partial charge in [0, 0.05) is 5.92 Å². The van der Waals surface area contributed by atoms with Crippen LogP contribution in [0, 0.1) is 25.2 Å². The fourth-order valence-electron chi connectivity index (χ4n) is 2.02. The molecule has 0 aromatic rings. The molecule has 0 spiro atoms. The minimum Gasteiger partial charge on any atom is -0.242 e. The average Bonchev–Trinajstić information content (AvgIpc) is 1.98. The molecule has 1 nitrogen and oxygen atoms in total. The van der Waals surface area contributed by atoms with Crippen molar-refractivity contribution in [1.29, 1.82) is 0 Å². The Balaban J connectivity index is 2.56. The molecule has 1 saturated carbocycles. The summed E-state index contributed by atoms with van der Waals surface area (Å²) in [6.07, 6.45) is 6.00. The third-order valence-electron chi connectivity index (χ3n) is 2.78. The van der Waals surface area contributed by atoms with Crippen LogP contribution in [0.15, 0.2) is 0 Å². The van der Waals surface area contributed by atoms with E-state index in [1.807, 2.05) is 0 Å². The third-order valence-corrected chi connectivity index (χ3v) is 2.78. The summed E-state index contributed by atoms with van der Waals surface area (Å²) in [5.41, 5.74) is 1.52. The second-order valence-corrected chi connectivity index (χ2v) is 3.81. The quantitative estimate of drug-likeness (QED) is 0.565. The summed E-state index contributed by atoms with van der Waals surface area (Å²) in [6.45, 7) is 6.19. The van der Waals surface area contributed by atoms with E-state index < -0.39 is 0 Å². The van der Waals surface area contributed by atoms with Crippen LogP contribution >= 0.6 is 0 Å². The van der Waals surface area contributed by atoms with Crippen LogP contribution < -0.4 is 0 Å². The number of hydrogen-bond acceptors (Lipinski definition) is 0. The summed E-state index contributed by atoms with van der Waals surface area (Å²) in [5.74, 6) is 1.62. The smallest absolute Gasteiger partial charge is 0.159 e. The monoisotopic (exact) mass is 166 g/mol. The lowest BCUT2D eigenvalue weighted by Crippen LogP contribution is -2.42. The first-order valence-corrected chi connectivity index (χ1v) is 4.89. The molecule has 0 N–H and O–H groups in total. The average molecular weight is 166 g/mol. The molecule has 0 aromatic carbocycles. The van der Waals surface area contributed by atoms with Gasteiger partial charge in [-0.2, -0.15) is 0 Å². The van der Waals surface area contributed by atoms with E-state index in [1.54, 1.807) is 0 Å². The molecular formula is C11H20N+. The van der Waals surface area contributed by atoms with Gasteiger partial charge in [-0.3, -0.25) is 0 Å². The van der Waals surface area contributed by atoms with E-state index in [-0.39, 0.29) is 0 Å². The lowest BCUT2D eigenvalue weighted by molar-refractivity contribution is -0.469. The van der Waals surface area contributed by atoms with E-state index in [0.29, 0.717) is 0 Å². The van der Waals surface area contributed by atoms with Crippen molar-refractivity contribution in [2.24, 2.45) is 11.8 Å². The van der Waals surface area contributed by atoms with Crippen LogP contribution in [-0.2, 0) is 0 Å². The Morgan fingerprint density at radius 3 is 2.58 bits per heavy atom. The molecular weight excluding hydrogens is 146 g/mol. The Morgan fingerprint density at radius 2 is 2.17 bits per heavy atom. The van der Waals surface area contributed by atoms with E-state index in [2.05, 4.69) is 38.9 Å². The normalized spacial score (nSPS) is 28.5. The molecule has 0 aromatic heterocycles. The zero-order valence-electron chi connectivity index (χ0n) is 8.51. The molecule has 1 heteroatoms. The molecule has 2 atom stereocenters. The highest BCUT2D eigenvalue weighted by Gasteiger charge is 2.40. The maximum Gasteiger partial charge on any atom is 0.159 e. The topological polar surface area (TPSA) is 3.01 Å². The van der Waals surface area contributed by atoms with E-state index in [9.17, 15) is 0 Å². The van der Waals surface area contributed by atoms with Crippen LogP contribution in [0.4, 0.5) is 0 Å². The van der Waals surface area contributed by atoms with Crippen molar-refractivity contribution in [3.05, 3.63) is 13.3 Å². The van der Waals surface area contributed by atoms with E-state index in [1.165, 1.54) is 18.6 Å². The van der Waals surface area contributed by atoms with Gasteiger partial charge in [-0.05, 0) is 12.3 Å². The van der Waals surface area contributed by atoms with Crippen LogP contribution in [0.2, 0.25) is 0 Å². The molecule has 1 rings (SSSR count). The van der Waals surface area contributed by atoms with Crippen LogP contribution in [0.3, 0.4) is 0 Å². The number of nitrogens with zero attached hydrogens (tertiary/aromatic N) is 1. The maximum atomic E-state index is 3.92. The van der Waals surface area contributed by atoms with Crippen molar-refractivity contribution in [1.82, 2.24) is 0 Å². The molecule has 12 heavy (non-hydrogen) atoms. The van der Waals surface area contributed by atoms with Gasteiger partial charge in [0.05, 0.1) is 6.42 Å². The molecule has 1 aliphatic rings. The first kappa shape index (κ1) is 9.76. The van der Waals surface area contributed by atoms with Crippen molar-refractivity contribution >= 4 is 5.71 Å². The van der Waals surface area contributed by atoms with Gasteiger partial charge < -0.3 is 0 Å². The van der Waals surface area contributed by atoms with Crippen molar-refractivity contribution in [3.8, 4) is 0 Å². The third kappa shape index (κ3) is 1.70. The summed E-state index contributed by atoms with van der Waals surface area (Å²) >= 11 is 0. The molecule has 1 aliphatic carbocycles. The van der Waals surface area contributed by atoms with Gasteiger partial charge in [0.1, 0.15) is 14.1 Å². The van der Waals surface area contributed by atoms with Crippen LogP contribution in [0.5, 0.6) is 0 Å². The largest absolute Gasteiger partial charge is 0.242 e. The molecule has 68 valence electrons. The number of rotatable bonds is 3. The number of hydrogen-bond donors (Lipinski definition) is 0. The van der Waals surface area contributed by atoms with Gasteiger partial charge in [0.25, 0.3) is 0 Å². The molecule has 0 bridgehead atoms. The van der Waals surface area contributed by atoms with Gasteiger partial charge in [-0.15, -0.1) is 0 Å². The summed E-state index contributed by atoms with van der Waals surface area (Å²) in [5, 5.41) is 0. The summed E-state index contributed by atoms with van der Waals surface area (Å²) in [6, 6.07) is 0. The van der Waals surface area contributed by atoms with Crippen LogP contribution in [0.25, 0.3) is 0 Å². The van der Waals surface area contributed by atoms with E-state index in [4.69, 9.17) is 0 Å². The summed E-state index contributed by atoms with van der Waals surface area (Å²) in [7, 11) is 4.27. The Bertz CT molecular complexity index is 177. The molecule has 0 heterocycles. The molecule has 1 fully saturated rings. The summed E-state index contributed by atoms with van der Waals surface area (Å²) < 4.78 is 2.24. The lowest BCUT2D eigenvalue weighted by Gasteiger charge is -2.34. The predicted octanol–water partition coefficient (Wildman–Crippen LogP) is 2.17. The zero-order valence-corrected chi connectivity index (χ0v) is 8.51. The van der Waals surface area contributed by atoms with Gasteiger partial charge in [-0.1, -0.05) is 26.7 Å². The molecule has 2 unspecified atom stereocenters. The van der Waals surface area contributed by atoms with Crippen molar-refractivity contribution in [2.45, 2.75) is 26.2 Å². The fourth-order valence-corrected chi connectivity index (χ4v) is 2.02. The molecule has 0 saturated heterocycles. The molecule has 0 amide bonds. The lowest BCUT2D eigenvalue weighted by atomic mass is 9.68. The Labute approximate surface area is 76.5 Å². The van der Waals surface area contributed by atoms with E-state index >= 15 is 0 Å². The zero-order chi connectivity index (χ0) is 9.14. The van der Waals surface area contributed by atoms with Crippen LogP contribution in [-0.4, -0.2) is 24.4 Å². The first-order chi connectivity index (χ1) is 5.70. The van der Waals surface area contributed by atoms with E-state index in [0.717, 1.165) is 18.3 Å². The molecule has 0 aliphatic heterocycles. The van der Waals surface area contributed by atoms with Crippen molar-refractivity contribution < 1.29 is 4.58 Å². The predicted molar refractivity (Wildman–Crippen MR) is 53.3 cm³/mol. The molecule has 2 radical (unpaired) electrons. The first-order valence-electron chi connectivity index (χ1n) is 4.89.